The minimum Gasteiger partial charge on any atom is -0.480 e. The van der Waals surface area contributed by atoms with Crippen LogP contribution in [-0.2, 0) is 18.3 Å². The summed E-state index contributed by atoms with van der Waals surface area (Å²) in [6.45, 7) is 0. The number of carboxylic acid groups (broad SMARTS) is 1. The molecule has 0 bridgehead atoms. The van der Waals surface area contributed by atoms with Crippen molar-refractivity contribution < 1.29 is 23.5 Å². The number of aliphatic carboxylic acids is 1. The van der Waals surface area contributed by atoms with Crippen LogP contribution in [0.3, 0.4) is 0 Å². The number of carboxylic acids is 1. The quantitative estimate of drug-likeness (QED) is 0.435. The first kappa shape index (κ1) is 23.2. The van der Waals surface area contributed by atoms with Crippen LogP contribution in [0.1, 0.15) is 15.9 Å². The molecule has 0 aliphatic rings. The lowest BCUT2D eigenvalue weighted by Crippen LogP contribution is -2.42. The zero-order chi connectivity index (χ0) is 24.6. The van der Waals surface area contributed by atoms with Crippen molar-refractivity contribution in [2.45, 2.75) is 12.5 Å². The molecule has 1 unspecified atom stereocenters. The molecule has 0 saturated heterocycles. The lowest BCUT2D eigenvalue weighted by atomic mass is 10.0. The largest absolute Gasteiger partial charge is 0.480 e. The van der Waals surface area contributed by atoms with E-state index in [-0.39, 0.29) is 17.0 Å². The fourth-order valence-corrected chi connectivity index (χ4v) is 4.00. The van der Waals surface area contributed by atoms with Crippen molar-refractivity contribution in [2.24, 2.45) is 7.05 Å². The third-order valence-corrected chi connectivity index (χ3v) is 5.77. The van der Waals surface area contributed by atoms with Gasteiger partial charge in [-0.15, -0.1) is 0 Å². The molecular weight excluding hydrogens is 468 g/mol. The highest BCUT2D eigenvalue weighted by Crippen LogP contribution is 2.22. The van der Waals surface area contributed by atoms with Gasteiger partial charge in [0.15, 0.2) is 0 Å². The molecule has 1 heterocycles. The fourth-order valence-electron chi connectivity index (χ4n) is 3.75. The molecular formula is C24H18ClF2N3O4. The first-order chi connectivity index (χ1) is 16.2. The molecule has 1 amide bonds. The van der Waals surface area contributed by atoms with E-state index in [4.69, 9.17) is 11.6 Å². The monoisotopic (exact) mass is 485 g/mol. The maximum atomic E-state index is 14.5. The number of nitrogens with one attached hydrogen (secondary N) is 1. The van der Waals surface area contributed by atoms with Gasteiger partial charge in [-0.3, -0.25) is 13.9 Å². The predicted molar refractivity (Wildman–Crippen MR) is 122 cm³/mol. The van der Waals surface area contributed by atoms with Crippen molar-refractivity contribution in [3.63, 3.8) is 0 Å². The van der Waals surface area contributed by atoms with Gasteiger partial charge in [0.25, 0.3) is 5.91 Å². The summed E-state index contributed by atoms with van der Waals surface area (Å²) >= 11 is 5.89. The Hall–Kier alpha value is -3.98. The highest BCUT2D eigenvalue weighted by molar-refractivity contribution is 6.33. The molecule has 4 rings (SSSR count). The average molecular weight is 486 g/mol. The number of carbonyl (C=O) groups excluding carboxylic acids is 1. The molecule has 0 aliphatic heterocycles. The summed E-state index contributed by atoms with van der Waals surface area (Å²) in [5.41, 5.74) is 0.575. The number of benzene rings is 3. The number of carbonyl (C=O) groups is 2. The van der Waals surface area contributed by atoms with E-state index in [1.807, 2.05) is 0 Å². The molecule has 1 atom stereocenters. The highest BCUT2D eigenvalue weighted by atomic mass is 35.5. The number of aryl methyl sites for hydroxylation is 1. The van der Waals surface area contributed by atoms with Crippen molar-refractivity contribution in [3.8, 4) is 5.69 Å². The van der Waals surface area contributed by atoms with Crippen LogP contribution in [0.2, 0.25) is 5.02 Å². The van der Waals surface area contributed by atoms with Gasteiger partial charge in [0.05, 0.1) is 21.8 Å². The zero-order valence-corrected chi connectivity index (χ0v) is 18.5. The van der Waals surface area contributed by atoms with Crippen LogP contribution < -0.4 is 11.0 Å². The van der Waals surface area contributed by atoms with Gasteiger partial charge in [0.1, 0.15) is 23.2 Å². The van der Waals surface area contributed by atoms with E-state index in [1.54, 1.807) is 30.3 Å². The maximum Gasteiger partial charge on any atom is 0.333 e. The Morgan fingerprint density at radius 2 is 1.68 bits per heavy atom. The van der Waals surface area contributed by atoms with E-state index in [0.717, 1.165) is 6.07 Å². The van der Waals surface area contributed by atoms with Gasteiger partial charge in [-0.2, -0.15) is 0 Å². The molecule has 7 nitrogen and oxygen atoms in total. The highest BCUT2D eigenvalue weighted by Gasteiger charge is 2.24. The van der Waals surface area contributed by atoms with Gasteiger partial charge < -0.3 is 10.4 Å². The molecule has 0 fully saturated rings. The number of fused-ring (bicyclic) bond motifs is 1. The molecule has 0 saturated carbocycles. The minimum atomic E-state index is -1.37. The summed E-state index contributed by atoms with van der Waals surface area (Å²) in [6.07, 6.45) is -0.119. The van der Waals surface area contributed by atoms with Crippen molar-refractivity contribution in [1.82, 2.24) is 14.5 Å². The van der Waals surface area contributed by atoms with E-state index >= 15 is 0 Å². The second-order valence-corrected chi connectivity index (χ2v) is 8.02. The lowest BCUT2D eigenvalue weighted by Gasteiger charge is -2.16. The molecule has 1 aromatic heterocycles. The summed E-state index contributed by atoms with van der Waals surface area (Å²) in [5.74, 6) is -3.70. The average Bonchev–Trinajstić information content (AvgIpc) is 3.05. The summed E-state index contributed by atoms with van der Waals surface area (Å²) in [6, 6.07) is 13.0. The molecule has 10 heteroatoms. The van der Waals surface area contributed by atoms with Crippen LogP contribution in [0.5, 0.6) is 0 Å². The van der Waals surface area contributed by atoms with E-state index in [1.165, 1.54) is 40.4 Å². The van der Waals surface area contributed by atoms with Crippen LogP contribution in [0.4, 0.5) is 8.78 Å². The third kappa shape index (κ3) is 4.17. The number of amides is 1. The number of aromatic nitrogens is 2. The van der Waals surface area contributed by atoms with Gasteiger partial charge in [0, 0.05) is 13.5 Å². The molecule has 2 N–H and O–H groups in total. The number of rotatable bonds is 6. The van der Waals surface area contributed by atoms with Gasteiger partial charge >= 0.3 is 11.7 Å². The van der Waals surface area contributed by atoms with Crippen LogP contribution in [0, 0.1) is 11.6 Å². The number of hydrogen-bond donors (Lipinski definition) is 2. The maximum absolute atomic E-state index is 14.5. The van der Waals surface area contributed by atoms with E-state index in [9.17, 15) is 28.3 Å². The van der Waals surface area contributed by atoms with Crippen molar-refractivity contribution in [3.05, 3.63) is 98.9 Å². The predicted octanol–water partition coefficient (Wildman–Crippen LogP) is 3.69. The minimum absolute atomic E-state index is 0.119. The summed E-state index contributed by atoms with van der Waals surface area (Å²) < 4.78 is 31.0. The first-order valence-corrected chi connectivity index (χ1v) is 10.5. The lowest BCUT2D eigenvalue weighted by molar-refractivity contribution is -0.139. The van der Waals surface area contributed by atoms with Gasteiger partial charge in [-0.05, 0) is 42.0 Å². The van der Waals surface area contributed by atoms with Crippen LogP contribution in [-0.4, -0.2) is 32.2 Å². The van der Waals surface area contributed by atoms with Crippen LogP contribution in [0.25, 0.3) is 16.7 Å². The van der Waals surface area contributed by atoms with Crippen LogP contribution >= 0.6 is 11.6 Å². The summed E-state index contributed by atoms with van der Waals surface area (Å²) in [5, 5.41) is 11.7. The Morgan fingerprint density at radius 1 is 1.03 bits per heavy atom. The molecule has 0 radical (unpaired) electrons. The smallest absolute Gasteiger partial charge is 0.333 e. The SMILES string of the molecule is Cn1c(=O)n(-c2ccc(CC(NC(=O)c3c(F)cccc3Cl)C(=O)O)cc2)c2c(F)cccc21. The van der Waals surface area contributed by atoms with Gasteiger partial charge in [-0.25, -0.2) is 18.4 Å². The number of hydrogen-bond acceptors (Lipinski definition) is 3. The van der Waals surface area contributed by atoms with E-state index in [0.29, 0.717) is 16.8 Å². The van der Waals surface area contributed by atoms with Gasteiger partial charge in [0.2, 0.25) is 0 Å². The number of imidazole rings is 1. The molecule has 4 aromatic rings. The Labute approximate surface area is 196 Å². The summed E-state index contributed by atoms with van der Waals surface area (Å²) in [7, 11) is 1.54. The molecule has 0 spiro atoms. The Morgan fingerprint density at radius 3 is 2.32 bits per heavy atom. The Bertz CT molecular complexity index is 1460. The van der Waals surface area contributed by atoms with Crippen molar-refractivity contribution in [1.29, 1.82) is 0 Å². The number of nitrogens with zero attached hydrogens (tertiary/aromatic N) is 2. The standard InChI is InChI=1S/C24H18ClF2N3O4/c1-29-19-7-3-6-17(27)21(19)30(24(29)34)14-10-8-13(9-11-14)12-18(23(32)33)28-22(31)20-15(25)4-2-5-16(20)26/h2-11,18H,12H2,1H3,(H,28,31)(H,32,33). The van der Waals surface area contributed by atoms with Crippen LogP contribution in [0.15, 0.2) is 65.5 Å². The number of halogens is 3. The fraction of sp³-hybridized carbons (Fsp3) is 0.125. The second-order valence-electron chi connectivity index (χ2n) is 7.62. The molecule has 34 heavy (non-hydrogen) atoms. The van der Waals surface area contributed by atoms with E-state index in [2.05, 4.69) is 5.32 Å². The Kier molecular flexibility index (Phi) is 6.21. The second kappa shape index (κ2) is 9.11. The van der Waals surface area contributed by atoms with Crippen molar-refractivity contribution in [2.75, 3.05) is 0 Å². The van der Waals surface area contributed by atoms with Crippen molar-refractivity contribution >= 4 is 34.5 Å². The zero-order valence-electron chi connectivity index (χ0n) is 17.8. The molecule has 174 valence electrons. The first-order valence-electron chi connectivity index (χ1n) is 10.1. The topological polar surface area (TPSA) is 93.3 Å². The molecule has 3 aromatic carbocycles. The Balaban J connectivity index is 1.60. The summed E-state index contributed by atoms with van der Waals surface area (Å²) in [4.78, 5) is 36.9. The molecule has 0 aliphatic carbocycles. The van der Waals surface area contributed by atoms with Gasteiger partial charge in [-0.1, -0.05) is 35.9 Å². The van der Waals surface area contributed by atoms with E-state index < -0.39 is 40.8 Å². The third-order valence-electron chi connectivity index (χ3n) is 5.46. The normalized spacial score (nSPS) is 12.0. The number of para-hydroxylation sites is 1.